The van der Waals surface area contributed by atoms with Crippen molar-refractivity contribution in [2.45, 2.75) is 64.8 Å². The highest BCUT2D eigenvalue weighted by Crippen LogP contribution is 2.53. The lowest BCUT2D eigenvalue weighted by Crippen LogP contribution is -2.38. The van der Waals surface area contributed by atoms with Crippen LogP contribution in [-0.2, 0) is 10.3 Å². The Morgan fingerprint density at radius 2 is 1.31 bits per heavy atom. The van der Waals surface area contributed by atoms with E-state index in [0.717, 1.165) is 56.5 Å². The molecule has 1 aliphatic carbocycles. The van der Waals surface area contributed by atoms with Gasteiger partial charge in [0.1, 0.15) is 34.3 Å². The largest absolute Gasteiger partial charge is 0.497 e. The third kappa shape index (κ3) is 6.39. The van der Waals surface area contributed by atoms with Crippen molar-refractivity contribution < 1.29 is 33.2 Å². The molecular formula is C45H46O7. The molecule has 2 aliphatic rings. The van der Waals surface area contributed by atoms with Crippen molar-refractivity contribution in [2.24, 2.45) is 0 Å². The van der Waals surface area contributed by atoms with Gasteiger partial charge >= 0.3 is 0 Å². The molecule has 0 saturated carbocycles. The molecule has 0 N–H and O–H groups in total. The van der Waals surface area contributed by atoms with Gasteiger partial charge in [-0.2, -0.15) is 0 Å². The van der Waals surface area contributed by atoms with E-state index in [1.54, 1.807) is 14.2 Å². The maximum absolute atomic E-state index is 14.3. The van der Waals surface area contributed by atoms with Crippen LogP contribution in [0.4, 0.5) is 0 Å². The predicted molar refractivity (Wildman–Crippen MR) is 205 cm³/mol. The van der Waals surface area contributed by atoms with Crippen LogP contribution < -0.4 is 23.7 Å². The smallest absolute Gasteiger partial charge is 0.195 e. The zero-order valence-corrected chi connectivity index (χ0v) is 31.2. The van der Waals surface area contributed by atoms with Gasteiger partial charge in [0.2, 0.25) is 0 Å². The summed E-state index contributed by atoms with van der Waals surface area (Å²) in [6.45, 7) is 13.3. The van der Waals surface area contributed by atoms with Gasteiger partial charge in [-0.3, -0.25) is 4.79 Å². The van der Waals surface area contributed by atoms with Crippen molar-refractivity contribution in [3.05, 3.63) is 119 Å². The number of ether oxygens (including phenoxy) is 6. The number of carbonyl (C=O) groups is 1. The van der Waals surface area contributed by atoms with Crippen LogP contribution in [0.5, 0.6) is 28.7 Å². The molecule has 1 unspecified atom stereocenters. The molecule has 0 spiro atoms. The van der Waals surface area contributed by atoms with E-state index in [4.69, 9.17) is 28.4 Å². The Morgan fingerprint density at radius 1 is 0.692 bits per heavy atom. The molecular weight excluding hydrogens is 652 g/mol. The molecule has 7 nitrogen and oxygen atoms in total. The number of ketones is 1. The molecule has 5 aromatic carbocycles. The Kier molecular flexibility index (Phi) is 9.04. The van der Waals surface area contributed by atoms with Gasteiger partial charge in [0.05, 0.1) is 33.0 Å². The van der Waals surface area contributed by atoms with Gasteiger partial charge < -0.3 is 28.4 Å². The minimum Gasteiger partial charge on any atom is -0.497 e. The summed E-state index contributed by atoms with van der Waals surface area (Å²) in [6, 6.07) is 27.7. The van der Waals surface area contributed by atoms with Crippen LogP contribution in [0, 0.1) is 0 Å². The Balaban J connectivity index is 1.38. The number of methoxy groups -OCH3 is 2. The summed E-state index contributed by atoms with van der Waals surface area (Å²) in [6.07, 6.45) is 5.01. The van der Waals surface area contributed by atoms with Gasteiger partial charge in [-0.1, -0.05) is 31.2 Å². The maximum Gasteiger partial charge on any atom is 0.195 e. The van der Waals surface area contributed by atoms with Crippen LogP contribution in [-0.4, -0.2) is 44.4 Å². The molecule has 52 heavy (non-hydrogen) atoms. The third-order valence-electron chi connectivity index (χ3n) is 9.51. The zero-order valence-electron chi connectivity index (χ0n) is 31.2. The lowest BCUT2D eigenvalue weighted by molar-refractivity contribution is -0.0723. The van der Waals surface area contributed by atoms with Crippen molar-refractivity contribution in [1.29, 1.82) is 0 Å². The first-order valence-corrected chi connectivity index (χ1v) is 17.8. The summed E-state index contributed by atoms with van der Waals surface area (Å²) in [7, 11) is 3.26. The lowest BCUT2D eigenvalue weighted by atomic mass is 9.81. The number of fused-ring (bicyclic) bond motifs is 8. The number of rotatable bonds is 11. The van der Waals surface area contributed by atoms with E-state index in [1.165, 1.54) is 0 Å². The second-order valence-corrected chi connectivity index (χ2v) is 15.0. The summed E-state index contributed by atoms with van der Waals surface area (Å²) in [5.41, 5.74) is 3.64. The Bertz CT molecular complexity index is 2170. The van der Waals surface area contributed by atoms with Crippen LogP contribution in [0.25, 0.3) is 28.0 Å². The fourth-order valence-corrected chi connectivity index (χ4v) is 6.96. The van der Waals surface area contributed by atoms with Crippen molar-refractivity contribution >= 4 is 22.6 Å². The average Bonchev–Trinajstić information content (AvgIpc) is 3.44. The second-order valence-electron chi connectivity index (χ2n) is 15.0. The summed E-state index contributed by atoms with van der Waals surface area (Å²) in [5.74, 6) is 3.38. The van der Waals surface area contributed by atoms with Crippen LogP contribution in [0.2, 0.25) is 0 Å². The van der Waals surface area contributed by atoms with E-state index in [9.17, 15) is 4.79 Å². The van der Waals surface area contributed by atoms with E-state index >= 15 is 0 Å². The number of benzene rings is 5. The Morgan fingerprint density at radius 3 is 1.94 bits per heavy atom. The molecule has 0 radical (unpaired) electrons. The summed E-state index contributed by atoms with van der Waals surface area (Å²) in [4.78, 5) is 14.3. The van der Waals surface area contributed by atoms with Crippen molar-refractivity contribution in [2.75, 3.05) is 27.4 Å². The fourth-order valence-electron chi connectivity index (χ4n) is 6.96. The molecule has 268 valence electrons. The highest BCUT2D eigenvalue weighted by Gasteiger charge is 2.42. The molecule has 1 aliphatic heterocycles. The number of hydrogen-bond acceptors (Lipinski definition) is 7. The van der Waals surface area contributed by atoms with Crippen molar-refractivity contribution in [1.82, 2.24) is 0 Å². The quantitative estimate of drug-likeness (QED) is 0.133. The highest BCUT2D eigenvalue weighted by atomic mass is 16.6. The minimum atomic E-state index is -1.05. The van der Waals surface area contributed by atoms with Crippen molar-refractivity contribution in [3.8, 4) is 39.9 Å². The van der Waals surface area contributed by atoms with E-state index in [2.05, 4.69) is 13.0 Å². The third-order valence-corrected chi connectivity index (χ3v) is 9.51. The van der Waals surface area contributed by atoms with Gasteiger partial charge in [-0.25, -0.2) is 0 Å². The van der Waals surface area contributed by atoms with Crippen LogP contribution in [0.3, 0.4) is 0 Å². The van der Waals surface area contributed by atoms with E-state index in [0.29, 0.717) is 41.6 Å². The average molecular weight is 699 g/mol. The molecule has 0 saturated heterocycles. The Hall–Kier alpha value is -5.27. The zero-order chi connectivity index (χ0) is 36.8. The topological polar surface area (TPSA) is 72.5 Å². The van der Waals surface area contributed by atoms with Gasteiger partial charge in [-0.05, 0) is 125 Å². The lowest BCUT2D eigenvalue weighted by Gasteiger charge is -2.37. The Labute approximate surface area is 306 Å². The molecule has 0 aromatic heterocycles. The van der Waals surface area contributed by atoms with Gasteiger partial charge in [0, 0.05) is 38.8 Å². The molecule has 1 atom stereocenters. The van der Waals surface area contributed by atoms with Gasteiger partial charge in [0.15, 0.2) is 11.4 Å². The highest BCUT2D eigenvalue weighted by molar-refractivity contribution is 6.29. The molecule has 0 amide bonds. The van der Waals surface area contributed by atoms with Gasteiger partial charge in [0.25, 0.3) is 0 Å². The first-order valence-electron chi connectivity index (χ1n) is 17.8. The van der Waals surface area contributed by atoms with Crippen LogP contribution in [0.15, 0.2) is 91.0 Å². The predicted octanol–water partition coefficient (Wildman–Crippen LogP) is 10.2. The molecule has 0 fully saturated rings. The SMILES string of the molecule is CCCOc1ccc(C2(c3ccc(OC(C)(C)COC(C)(C)C)cc3)C=Cc3c4c(c5ccc(OC)cc5c3O2)-c2ccc(OC)cc2C4=O)cc1. The summed E-state index contributed by atoms with van der Waals surface area (Å²) >= 11 is 0. The molecule has 7 heteroatoms. The number of carbonyl (C=O) groups excluding carboxylic acids is 1. The van der Waals surface area contributed by atoms with E-state index in [1.807, 2.05) is 126 Å². The monoisotopic (exact) mass is 698 g/mol. The summed E-state index contributed by atoms with van der Waals surface area (Å²) in [5, 5.41) is 1.75. The standard InChI is InChI=1S/C45H46O7/c1-9-24-49-30-14-10-28(11-15-30)45(29-12-16-31(17-13-29)51-44(5,6)27-50-43(2,3)4)23-22-36-40-39(34-20-18-32(47-7)25-37(34)41(40)46)35-21-19-33(48-8)26-38(35)42(36)52-45/h10-23,25-26H,9,24,27H2,1-8H3. The molecule has 0 bridgehead atoms. The fraction of sp³-hybridized carbons (Fsp3) is 0.311. The van der Waals surface area contributed by atoms with Crippen LogP contribution >= 0.6 is 0 Å². The van der Waals surface area contributed by atoms with E-state index < -0.39 is 11.2 Å². The molecule has 5 aromatic rings. The first kappa shape index (κ1) is 35.1. The van der Waals surface area contributed by atoms with Crippen molar-refractivity contribution in [3.63, 3.8) is 0 Å². The van der Waals surface area contributed by atoms with Gasteiger partial charge in [-0.15, -0.1) is 0 Å². The minimum absolute atomic E-state index is 0.0596. The van der Waals surface area contributed by atoms with E-state index in [-0.39, 0.29) is 11.4 Å². The second kappa shape index (κ2) is 13.4. The molecule has 1 heterocycles. The summed E-state index contributed by atoms with van der Waals surface area (Å²) < 4.78 is 37.0. The molecule has 7 rings (SSSR count). The maximum atomic E-state index is 14.3. The van der Waals surface area contributed by atoms with Crippen LogP contribution in [0.1, 0.15) is 80.6 Å². The number of hydrogen-bond donors (Lipinski definition) is 0. The normalized spacial score (nSPS) is 16.2. The first-order chi connectivity index (χ1) is 24.9.